The van der Waals surface area contributed by atoms with Gasteiger partial charge in [-0.25, -0.2) is 0 Å². The molecule has 2 aromatic rings. The molecule has 6 heteroatoms. The van der Waals surface area contributed by atoms with Crippen LogP contribution < -0.4 is 10.1 Å². The van der Waals surface area contributed by atoms with E-state index in [0.717, 1.165) is 11.1 Å². The summed E-state index contributed by atoms with van der Waals surface area (Å²) in [7, 11) is 0. The maximum Gasteiger partial charge on any atom is 0.320 e. The number of hydrogen-bond acceptors (Lipinski definition) is 3. The van der Waals surface area contributed by atoms with E-state index in [4.69, 9.17) is 27.9 Å². The second-order valence-electron chi connectivity index (χ2n) is 6.59. The fraction of sp³-hybridized carbons (Fsp3) is 0.350. The number of rotatable bonds is 9. The molecule has 0 saturated carbocycles. The van der Waals surface area contributed by atoms with Crippen molar-refractivity contribution < 1.29 is 14.6 Å². The van der Waals surface area contributed by atoms with Crippen molar-refractivity contribution >= 4 is 29.2 Å². The minimum Gasteiger partial charge on any atom is -0.489 e. The van der Waals surface area contributed by atoms with E-state index in [1.165, 1.54) is 0 Å². The van der Waals surface area contributed by atoms with Gasteiger partial charge < -0.3 is 15.2 Å². The van der Waals surface area contributed by atoms with E-state index >= 15 is 0 Å². The summed E-state index contributed by atoms with van der Waals surface area (Å²) in [5.41, 5.74) is 1.89. The molecule has 0 bridgehead atoms. The van der Waals surface area contributed by atoms with Crippen LogP contribution in [-0.4, -0.2) is 17.1 Å². The molecule has 26 heavy (non-hydrogen) atoms. The molecule has 2 N–H and O–H groups in total. The number of nitrogens with one attached hydrogen (secondary N) is 1. The highest BCUT2D eigenvalue weighted by atomic mass is 35.5. The lowest BCUT2D eigenvalue weighted by Crippen LogP contribution is -2.37. The van der Waals surface area contributed by atoms with E-state index in [1.54, 1.807) is 12.1 Å². The molecule has 0 aliphatic heterocycles. The molecule has 0 heterocycles. The summed E-state index contributed by atoms with van der Waals surface area (Å²) in [6.07, 6.45) is 0.586. The van der Waals surface area contributed by atoms with Gasteiger partial charge in [0.05, 0.1) is 10.0 Å². The Morgan fingerprint density at radius 3 is 2.54 bits per heavy atom. The topological polar surface area (TPSA) is 58.6 Å². The van der Waals surface area contributed by atoms with E-state index in [1.807, 2.05) is 44.2 Å². The first-order valence-corrected chi connectivity index (χ1v) is 9.22. The highest BCUT2D eigenvalue weighted by Gasteiger charge is 2.17. The molecule has 0 fully saturated rings. The second kappa shape index (κ2) is 9.81. The predicted octanol–water partition coefficient (Wildman–Crippen LogP) is 5.16. The number of carboxylic acid groups (broad SMARTS) is 1. The summed E-state index contributed by atoms with van der Waals surface area (Å²) >= 11 is 11.9. The predicted molar refractivity (Wildman–Crippen MR) is 105 cm³/mol. The van der Waals surface area contributed by atoms with Crippen molar-refractivity contribution in [3.8, 4) is 5.75 Å². The zero-order valence-electron chi connectivity index (χ0n) is 14.8. The molecule has 4 nitrogen and oxygen atoms in total. The van der Waals surface area contributed by atoms with Gasteiger partial charge in [-0.05, 0) is 47.7 Å². The lowest BCUT2D eigenvalue weighted by atomic mass is 10.0. The van der Waals surface area contributed by atoms with Crippen LogP contribution in [-0.2, 0) is 17.9 Å². The Balaban J connectivity index is 1.94. The van der Waals surface area contributed by atoms with E-state index in [9.17, 15) is 9.90 Å². The van der Waals surface area contributed by atoms with Gasteiger partial charge >= 0.3 is 5.97 Å². The molecule has 0 aromatic heterocycles. The smallest absolute Gasteiger partial charge is 0.320 e. The van der Waals surface area contributed by atoms with Crippen LogP contribution in [0.25, 0.3) is 0 Å². The standard InChI is InChI=1S/C20H23Cl2NO3/c1-13(2)8-19(20(24)25)23-11-14-4-3-5-16(9-14)26-12-15-6-7-17(21)18(22)10-15/h3-7,9-10,13,19,23H,8,11-12H2,1-2H3,(H,24,25). The summed E-state index contributed by atoms with van der Waals surface area (Å²) < 4.78 is 5.80. The highest BCUT2D eigenvalue weighted by Crippen LogP contribution is 2.23. The van der Waals surface area contributed by atoms with Crippen molar-refractivity contribution in [2.75, 3.05) is 0 Å². The molecular weight excluding hydrogens is 373 g/mol. The fourth-order valence-corrected chi connectivity index (χ4v) is 2.85. The van der Waals surface area contributed by atoms with Crippen molar-refractivity contribution in [1.82, 2.24) is 5.32 Å². The fourth-order valence-electron chi connectivity index (χ4n) is 2.53. The van der Waals surface area contributed by atoms with Crippen molar-refractivity contribution in [2.45, 2.75) is 39.5 Å². The number of carbonyl (C=O) groups is 1. The Hall–Kier alpha value is -1.75. The van der Waals surface area contributed by atoms with Crippen LogP contribution in [0.5, 0.6) is 5.75 Å². The average Bonchev–Trinajstić information content (AvgIpc) is 2.59. The number of ether oxygens (including phenoxy) is 1. The summed E-state index contributed by atoms with van der Waals surface area (Å²) in [4.78, 5) is 11.3. The Morgan fingerprint density at radius 1 is 1.12 bits per heavy atom. The van der Waals surface area contributed by atoms with Crippen LogP contribution >= 0.6 is 23.2 Å². The van der Waals surface area contributed by atoms with Crippen LogP contribution in [0.15, 0.2) is 42.5 Å². The molecule has 2 aromatic carbocycles. The Kier molecular flexibility index (Phi) is 7.76. The first-order chi connectivity index (χ1) is 12.3. The molecule has 0 aliphatic carbocycles. The number of hydrogen-bond donors (Lipinski definition) is 2. The molecule has 0 spiro atoms. The molecule has 0 amide bonds. The third-order valence-electron chi connectivity index (χ3n) is 3.85. The molecule has 0 saturated heterocycles. The zero-order chi connectivity index (χ0) is 19.1. The quantitative estimate of drug-likeness (QED) is 0.615. The van der Waals surface area contributed by atoms with E-state index < -0.39 is 12.0 Å². The number of benzene rings is 2. The van der Waals surface area contributed by atoms with Gasteiger partial charge in [-0.2, -0.15) is 0 Å². The van der Waals surface area contributed by atoms with Crippen LogP contribution in [0.4, 0.5) is 0 Å². The molecule has 1 atom stereocenters. The third-order valence-corrected chi connectivity index (χ3v) is 4.58. The van der Waals surface area contributed by atoms with Gasteiger partial charge in [-0.1, -0.05) is 55.2 Å². The van der Waals surface area contributed by atoms with Crippen LogP contribution in [0.3, 0.4) is 0 Å². The minimum absolute atomic E-state index is 0.310. The van der Waals surface area contributed by atoms with Crippen LogP contribution in [0.1, 0.15) is 31.4 Å². The SMILES string of the molecule is CC(C)CC(NCc1cccc(OCc2ccc(Cl)c(Cl)c2)c1)C(=O)O. The average molecular weight is 396 g/mol. The lowest BCUT2D eigenvalue weighted by molar-refractivity contribution is -0.140. The van der Waals surface area contributed by atoms with E-state index in [2.05, 4.69) is 5.32 Å². The molecule has 2 rings (SSSR count). The maximum atomic E-state index is 11.3. The van der Waals surface area contributed by atoms with Gasteiger partial charge in [0.15, 0.2) is 0 Å². The first-order valence-electron chi connectivity index (χ1n) is 8.47. The summed E-state index contributed by atoms with van der Waals surface area (Å²) in [6, 6.07) is 12.4. The summed E-state index contributed by atoms with van der Waals surface area (Å²) in [6.45, 7) is 4.86. The Morgan fingerprint density at radius 2 is 1.88 bits per heavy atom. The second-order valence-corrected chi connectivity index (χ2v) is 7.40. The molecule has 0 radical (unpaired) electrons. The highest BCUT2D eigenvalue weighted by molar-refractivity contribution is 6.42. The van der Waals surface area contributed by atoms with Crippen LogP contribution in [0, 0.1) is 5.92 Å². The van der Waals surface area contributed by atoms with Crippen molar-refractivity contribution in [2.24, 2.45) is 5.92 Å². The molecule has 0 aliphatic rings. The van der Waals surface area contributed by atoms with Gasteiger partial charge in [-0.15, -0.1) is 0 Å². The van der Waals surface area contributed by atoms with Gasteiger partial charge in [0.2, 0.25) is 0 Å². The number of carboxylic acids is 1. The maximum absolute atomic E-state index is 11.3. The first kappa shape index (κ1) is 20.6. The lowest BCUT2D eigenvalue weighted by Gasteiger charge is -2.17. The third kappa shape index (κ3) is 6.52. The molecule has 140 valence electrons. The van der Waals surface area contributed by atoms with Crippen molar-refractivity contribution in [1.29, 1.82) is 0 Å². The Labute approximate surface area is 164 Å². The summed E-state index contributed by atoms with van der Waals surface area (Å²) in [5.74, 6) is 0.196. The normalized spacial score (nSPS) is 12.2. The zero-order valence-corrected chi connectivity index (χ0v) is 16.3. The van der Waals surface area contributed by atoms with Gasteiger partial charge in [0.25, 0.3) is 0 Å². The van der Waals surface area contributed by atoms with Gasteiger partial charge in [-0.3, -0.25) is 4.79 Å². The Bertz CT molecular complexity index is 750. The number of aliphatic carboxylic acids is 1. The van der Waals surface area contributed by atoms with Crippen molar-refractivity contribution in [3.05, 3.63) is 63.6 Å². The largest absolute Gasteiger partial charge is 0.489 e. The monoisotopic (exact) mass is 395 g/mol. The molecule has 1 unspecified atom stereocenters. The van der Waals surface area contributed by atoms with E-state index in [0.29, 0.717) is 41.3 Å². The van der Waals surface area contributed by atoms with Crippen molar-refractivity contribution in [3.63, 3.8) is 0 Å². The van der Waals surface area contributed by atoms with E-state index in [-0.39, 0.29) is 0 Å². The van der Waals surface area contributed by atoms with Gasteiger partial charge in [0.1, 0.15) is 18.4 Å². The summed E-state index contributed by atoms with van der Waals surface area (Å²) in [5, 5.41) is 13.4. The van der Waals surface area contributed by atoms with Crippen LogP contribution in [0.2, 0.25) is 10.0 Å². The molecular formula is C20H23Cl2NO3. The van der Waals surface area contributed by atoms with Gasteiger partial charge in [0, 0.05) is 6.54 Å². The minimum atomic E-state index is -0.828. The number of halogens is 2.